The van der Waals surface area contributed by atoms with Crippen LogP contribution in [-0.2, 0) is 4.52 Å². The van der Waals surface area contributed by atoms with Gasteiger partial charge in [0, 0.05) is 25.2 Å². The fourth-order valence-electron chi connectivity index (χ4n) is 3.32. The van der Waals surface area contributed by atoms with Crippen molar-refractivity contribution in [1.29, 1.82) is 0 Å². The van der Waals surface area contributed by atoms with Gasteiger partial charge in [-0.3, -0.25) is 5.09 Å². The van der Waals surface area contributed by atoms with Crippen molar-refractivity contribution < 1.29 is 4.52 Å². The molecule has 0 saturated heterocycles. The zero-order chi connectivity index (χ0) is 21.3. The maximum absolute atomic E-state index is 6.66. The van der Waals surface area contributed by atoms with Gasteiger partial charge in [0.1, 0.15) is 0 Å². The molecule has 0 fully saturated rings. The van der Waals surface area contributed by atoms with E-state index in [9.17, 15) is 0 Å². The molecule has 0 bridgehead atoms. The molecule has 0 spiro atoms. The quantitative estimate of drug-likeness (QED) is 0.365. The van der Waals surface area contributed by atoms with Crippen LogP contribution in [-0.4, -0.2) is 12.6 Å². The van der Waals surface area contributed by atoms with E-state index in [1.807, 2.05) is 0 Å². The molecule has 0 radical (unpaired) electrons. The number of hydrogen-bond donors (Lipinski definition) is 1. The molecule has 31 heavy (non-hydrogen) atoms. The van der Waals surface area contributed by atoms with Gasteiger partial charge in [0.05, 0.1) is 14.3 Å². The Kier molecular flexibility index (Phi) is 7.99. The molecule has 4 rings (SSSR count). The van der Waals surface area contributed by atoms with E-state index in [-0.39, 0.29) is 6.10 Å². The summed E-state index contributed by atoms with van der Waals surface area (Å²) in [5.41, 5.74) is 0. The van der Waals surface area contributed by atoms with E-state index in [4.69, 9.17) is 4.52 Å². The Labute approximate surface area is 188 Å². The van der Waals surface area contributed by atoms with Crippen LogP contribution in [0.15, 0.2) is 121 Å². The molecule has 1 unspecified atom stereocenters. The zero-order valence-corrected chi connectivity index (χ0v) is 19.4. The molecule has 1 N–H and O–H groups in total. The Balaban J connectivity index is 1.50. The summed E-state index contributed by atoms with van der Waals surface area (Å²) < 4.78 is 6.66. The monoisotopic (exact) mass is 443 g/mol. The minimum Gasteiger partial charge on any atom is -0.345 e. The summed E-state index contributed by atoms with van der Waals surface area (Å²) in [5, 5.41) is 8.94. The Morgan fingerprint density at radius 2 is 0.935 bits per heavy atom. The maximum atomic E-state index is 6.66. The Morgan fingerprint density at radius 1 is 0.581 bits per heavy atom. The van der Waals surface area contributed by atoms with Crippen LogP contribution in [0, 0.1) is 0 Å². The third-order valence-electron chi connectivity index (χ3n) is 4.83. The first-order valence-corrected chi connectivity index (χ1v) is 13.1. The molecule has 0 aliphatic carbocycles. The van der Waals surface area contributed by atoms with Crippen LogP contribution in [0.2, 0.25) is 0 Å². The molecular formula is C27H27NOP2. The highest BCUT2D eigenvalue weighted by Crippen LogP contribution is 2.37. The van der Waals surface area contributed by atoms with Gasteiger partial charge in [-0.1, -0.05) is 121 Å². The summed E-state index contributed by atoms with van der Waals surface area (Å²) in [4.78, 5) is 0. The molecule has 0 aliphatic rings. The van der Waals surface area contributed by atoms with Gasteiger partial charge >= 0.3 is 0 Å². The first kappa shape index (κ1) is 21.9. The highest BCUT2D eigenvalue weighted by Gasteiger charge is 2.20. The van der Waals surface area contributed by atoms with E-state index < -0.39 is 16.2 Å². The summed E-state index contributed by atoms with van der Waals surface area (Å²) in [6, 6.07) is 42.5. The molecule has 1 atom stereocenters. The lowest BCUT2D eigenvalue weighted by atomic mass is 10.4. The topological polar surface area (TPSA) is 21.3 Å². The van der Waals surface area contributed by atoms with E-state index >= 15 is 0 Å². The smallest absolute Gasteiger partial charge is 0.0922 e. The van der Waals surface area contributed by atoms with Gasteiger partial charge in [-0.25, -0.2) is 0 Å². The molecule has 0 aliphatic heterocycles. The van der Waals surface area contributed by atoms with E-state index in [1.165, 1.54) is 21.2 Å². The lowest BCUT2D eigenvalue weighted by Gasteiger charge is -2.26. The van der Waals surface area contributed by atoms with Crippen molar-refractivity contribution in [3.05, 3.63) is 121 Å². The molecule has 0 aromatic heterocycles. The predicted molar refractivity (Wildman–Crippen MR) is 137 cm³/mol. The first-order chi connectivity index (χ1) is 15.3. The van der Waals surface area contributed by atoms with Crippen LogP contribution in [0.4, 0.5) is 0 Å². The van der Waals surface area contributed by atoms with Crippen molar-refractivity contribution in [1.82, 2.24) is 5.09 Å². The van der Waals surface area contributed by atoms with E-state index in [2.05, 4.69) is 133 Å². The number of benzene rings is 4. The van der Waals surface area contributed by atoms with Crippen LogP contribution >= 0.6 is 16.2 Å². The van der Waals surface area contributed by atoms with Crippen molar-refractivity contribution in [2.24, 2.45) is 0 Å². The van der Waals surface area contributed by atoms with E-state index in [0.29, 0.717) is 0 Å². The van der Waals surface area contributed by atoms with Crippen LogP contribution in [0.3, 0.4) is 0 Å². The molecular weight excluding hydrogens is 416 g/mol. The second-order valence-electron chi connectivity index (χ2n) is 7.25. The normalized spacial score (nSPS) is 12.2. The van der Waals surface area contributed by atoms with Crippen molar-refractivity contribution in [3.8, 4) is 0 Å². The number of nitrogens with one attached hydrogen (secondary N) is 1. The second-order valence-corrected chi connectivity index (χ2v) is 11.1. The summed E-state index contributed by atoms with van der Waals surface area (Å²) in [6.07, 6.45) is 0.0731. The fourth-order valence-corrected chi connectivity index (χ4v) is 7.23. The summed E-state index contributed by atoms with van der Waals surface area (Å²) >= 11 is 0. The average Bonchev–Trinajstić information content (AvgIpc) is 2.85. The first-order valence-electron chi connectivity index (χ1n) is 10.5. The molecule has 0 saturated carbocycles. The molecule has 4 heteroatoms. The fraction of sp³-hybridized carbons (Fsp3) is 0.111. The molecule has 4 aromatic rings. The van der Waals surface area contributed by atoms with Crippen molar-refractivity contribution in [3.63, 3.8) is 0 Å². The third kappa shape index (κ3) is 6.10. The number of hydrogen-bond acceptors (Lipinski definition) is 2. The second kappa shape index (κ2) is 11.3. The summed E-state index contributed by atoms with van der Waals surface area (Å²) in [6.45, 7) is 2.95. The Hall–Kier alpha value is -2.34. The highest BCUT2D eigenvalue weighted by atomic mass is 31.1. The molecule has 0 heterocycles. The van der Waals surface area contributed by atoms with E-state index in [0.717, 1.165) is 6.54 Å². The molecule has 4 aromatic carbocycles. The SMILES string of the molecule is CC(CNP(c1ccccc1)c1ccccc1)OP(c1ccccc1)c1ccccc1. The standard InChI is InChI=1S/C27H27NOP2/c1-23(29-31(26-18-10-4-11-19-26)27-20-12-5-13-21-27)22-28-30(24-14-6-2-7-15-24)25-16-8-3-9-17-25/h2-21,23,28H,22H2,1H3. The van der Waals surface area contributed by atoms with Gasteiger partial charge in [-0.05, 0) is 17.5 Å². The zero-order valence-electron chi connectivity index (χ0n) is 17.6. The molecule has 0 amide bonds. The summed E-state index contributed by atoms with van der Waals surface area (Å²) in [5.74, 6) is 0. The van der Waals surface area contributed by atoms with Crippen LogP contribution < -0.4 is 26.3 Å². The van der Waals surface area contributed by atoms with Gasteiger partial charge in [-0.2, -0.15) is 0 Å². The lowest BCUT2D eigenvalue weighted by Crippen LogP contribution is -2.30. The Morgan fingerprint density at radius 3 is 1.32 bits per heavy atom. The van der Waals surface area contributed by atoms with Crippen molar-refractivity contribution in [2.45, 2.75) is 13.0 Å². The Bertz CT molecular complexity index is 951. The molecule has 2 nitrogen and oxygen atoms in total. The van der Waals surface area contributed by atoms with Gasteiger partial charge in [0.15, 0.2) is 0 Å². The molecule has 156 valence electrons. The minimum atomic E-state index is -0.862. The summed E-state index contributed by atoms with van der Waals surface area (Å²) in [7, 11) is -1.50. The minimum absolute atomic E-state index is 0.0731. The predicted octanol–water partition coefficient (Wildman–Crippen LogP) is 5.08. The van der Waals surface area contributed by atoms with Gasteiger partial charge in [0.2, 0.25) is 0 Å². The van der Waals surface area contributed by atoms with Crippen LogP contribution in [0.25, 0.3) is 0 Å². The number of rotatable bonds is 9. The van der Waals surface area contributed by atoms with Gasteiger partial charge in [-0.15, -0.1) is 0 Å². The lowest BCUT2D eigenvalue weighted by molar-refractivity contribution is 0.258. The van der Waals surface area contributed by atoms with E-state index in [1.54, 1.807) is 0 Å². The average molecular weight is 443 g/mol. The van der Waals surface area contributed by atoms with Crippen LogP contribution in [0.5, 0.6) is 0 Å². The maximum Gasteiger partial charge on any atom is 0.0922 e. The van der Waals surface area contributed by atoms with Gasteiger partial charge < -0.3 is 4.52 Å². The van der Waals surface area contributed by atoms with Crippen molar-refractivity contribution in [2.75, 3.05) is 6.54 Å². The third-order valence-corrected chi connectivity index (χ3v) is 9.07. The highest BCUT2D eigenvalue weighted by molar-refractivity contribution is 7.71. The van der Waals surface area contributed by atoms with Gasteiger partial charge in [0.25, 0.3) is 0 Å². The largest absolute Gasteiger partial charge is 0.345 e. The van der Waals surface area contributed by atoms with Crippen molar-refractivity contribution >= 4 is 37.4 Å². The van der Waals surface area contributed by atoms with Crippen LogP contribution in [0.1, 0.15) is 6.92 Å².